The third-order valence-corrected chi connectivity index (χ3v) is 4.85. The molecule has 0 aromatic heterocycles. The molecule has 1 aliphatic heterocycles. The molecule has 0 aromatic carbocycles. The Kier molecular flexibility index (Phi) is 5.72. The first kappa shape index (κ1) is 16.4. The average Bonchev–Trinajstić information content (AvgIpc) is 2.26. The fourth-order valence-electron chi connectivity index (χ4n) is 2.32. The molecular formula is C11H22N2O5S. The van der Waals surface area contributed by atoms with Gasteiger partial charge in [-0.1, -0.05) is 0 Å². The number of aliphatic hydroxyl groups is 1. The van der Waals surface area contributed by atoms with E-state index < -0.39 is 34.4 Å². The molecule has 0 spiro atoms. The monoisotopic (exact) mass is 294 g/mol. The molecule has 3 atom stereocenters. The van der Waals surface area contributed by atoms with Crippen molar-refractivity contribution in [2.45, 2.75) is 57.7 Å². The van der Waals surface area contributed by atoms with E-state index in [1.54, 1.807) is 13.8 Å². The van der Waals surface area contributed by atoms with Crippen molar-refractivity contribution in [1.29, 1.82) is 0 Å². The molecule has 0 aliphatic carbocycles. The maximum atomic E-state index is 12.2. The van der Waals surface area contributed by atoms with Gasteiger partial charge in [0, 0.05) is 12.6 Å². The number of nitrogens with one attached hydrogen (secondary N) is 1. The van der Waals surface area contributed by atoms with Crippen LogP contribution in [-0.2, 0) is 15.0 Å². The van der Waals surface area contributed by atoms with E-state index in [2.05, 4.69) is 4.72 Å². The Balaban J connectivity index is 2.76. The summed E-state index contributed by atoms with van der Waals surface area (Å²) < 4.78 is 27.8. The summed E-state index contributed by atoms with van der Waals surface area (Å²) in [6.45, 7) is 3.43. The fourth-order valence-corrected chi connectivity index (χ4v) is 3.96. The Labute approximate surface area is 113 Å². The van der Waals surface area contributed by atoms with Crippen molar-refractivity contribution in [3.63, 3.8) is 0 Å². The van der Waals surface area contributed by atoms with Gasteiger partial charge >= 0.3 is 5.97 Å². The topological polar surface area (TPSA) is 107 Å². The molecule has 0 saturated carbocycles. The van der Waals surface area contributed by atoms with Crippen LogP contribution in [0.15, 0.2) is 0 Å². The van der Waals surface area contributed by atoms with Crippen molar-refractivity contribution in [3.8, 4) is 0 Å². The van der Waals surface area contributed by atoms with E-state index in [4.69, 9.17) is 5.11 Å². The van der Waals surface area contributed by atoms with Gasteiger partial charge in [0.1, 0.15) is 6.04 Å². The molecular weight excluding hydrogens is 272 g/mol. The second kappa shape index (κ2) is 6.65. The largest absolute Gasteiger partial charge is 0.480 e. The van der Waals surface area contributed by atoms with Crippen LogP contribution in [0.4, 0.5) is 0 Å². The molecule has 1 rings (SSSR count). The number of piperidine rings is 1. The summed E-state index contributed by atoms with van der Waals surface area (Å²) in [5.74, 6) is -1.12. The molecule has 112 valence electrons. The number of aliphatic carboxylic acids is 1. The Hall–Kier alpha value is -0.700. The van der Waals surface area contributed by atoms with Gasteiger partial charge in [-0.25, -0.2) is 0 Å². The lowest BCUT2D eigenvalue weighted by Gasteiger charge is -2.32. The van der Waals surface area contributed by atoms with Gasteiger partial charge in [-0.3, -0.25) is 4.79 Å². The van der Waals surface area contributed by atoms with E-state index in [0.29, 0.717) is 19.3 Å². The standard InChI is InChI=1S/C11H22N2O5S/c1-8(7-9(2)14)12-19(17,18)13-6-4-3-5-10(13)11(15)16/h8-10,12,14H,3-7H2,1-2H3,(H,15,16). The van der Waals surface area contributed by atoms with Crippen LogP contribution in [0.5, 0.6) is 0 Å². The molecule has 0 amide bonds. The van der Waals surface area contributed by atoms with Crippen molar-refractivity contribution in [3.05, 3.63) is 0 Å². The number of nitrogens with zero attached hydrogens (tertiary/aromatic N) is 1. The van der Waals surface area contributed by atoms with Crippen molar-refractivity contribution in [2.24, 2.45) is 0 Å². The average molecular weight is 294 g/mol. The summed E-state index contributed by atoms with van der Waals surface area (Å²) in [7, 11) is -3.83. The first-order valence-corrected chi connectivity index (χ1v) is 7.88. The van der Waals surface area contributed by atoms with Gasteiger partial charge in [0.15, 0.2) is 0 Å². The molecule has 1 aliphatic rings. The van der Waals surface area contributed by atoms with Gasteiger partial charge < -0.3 is 10.2 Å². The number of hydrogen-bond acceptors (Lipinski definition) is 4. The molecule has 0 bridgehead atoms. The maximum absolute atomic E-state index is 12.2. The van der Waals surface area contributed by atoms with Gasteiger partial charge in [-0.15, -0.1) is 0 Å². The van der Waals surface area contributed by atoms with Gasteiger partial charge in [0.2, 0.25) is 0 Å². The lowest BCUT2D eigenvalue weighted by Crippen LogP contribution is -2.53. The van der Waals surface area contributed by atoms with Crippen LogP contribution >= 0.6 is 0 Å². The minimum absolute atomic E-state index is 0.216. The van der Waals surface area contributed by atoms with E-state index in [1.165, 1.54) is 0 Å². The first-order chi connectivity index (χ1) is 8.74. The molecule has 1 fully saturated rings. The van der Waals surface area contributed by atoms with E-state index in [-0.39, 0.29) is 13.0 Å². The van der Waals surface area contributed by atoms with Crippen LogP contribution in [0.3, 0.4) is 0 Å². The first-order valence-electron chi connectivity index (χ1n) is 6.44. The third kappa shape index (κ3) is 4.72. The van der Waals surface area contributed by atoms with Crippen LogP contribution in [0.1, 0.15) is 39.5 Å². The molecule has 1 heterocycles. The molecule has 8 heteroatoms. The predicted molar refractivity (Wildman–Crippen MR) is 69.8 cm³/mol. The molecule has 0 aromatic rings. The van der Waals surface area contributed by atoms with Gasteiger partial charge in [-0.2, -0.15) is 17.4 Å². The van der Waals surface area contributed by atoms with Crippen molar-refractivity contribution in [1.82, 2.24) is 9.03 Å². The normalized spacial score (nSPS) is 24.9. The quantitative estimate of drug-likeness (QED) is 0.635. The van der Waals surface area contributed by atoms with Gasteiger partial charge in [0.05, 0.1) is 6.10 Å². The van der Waals surface area contributed by atoms with Crippen LogP contribution in [0, 0.1) is 0 Å². The maximum Gasteiger partial charge on any atom is 0.322 e. The van der Waals surface area contributed by atoms with E-state index in [1.807, 2.05) is 0 Å². The highest BCUT2D eigenvalue weighted by Gasteiger charge is 2.37. The van der Waals surface area contributed by atoms with Crippen LogP contribution in [0.25, 0.3) is 0 Å². The minimum Gasteiger partial charge on any atom is -0.480 e. The number of rotatable bonds is 6. The third-order valence-electron chi connectivity index (χ3n) is 3.09. The SMILES string of the molecule is CC(O)CC(C)NS(=O)(=O)N1CCCCC1C(=O)O. The fraction of sp³-hybridized carbons (Fsp3) is 0.909. The summed E-state index contributed by atoms with van der Waals surface area (Å²) >= 11 is 0. The Morgan fingerprint density at radius 3 is 2.58 bits per heavy atom. The zero-order valence-corrected chi connectivity index (χ0v) is 12.1. The number of carbonyl (C=O) groups is 1. The van der Waals surface area contributed by atoms with Crippen LogP contribution in [-0.4, -0.2) is 53.6 Å². The number of carboxylic acids is 1. The number of aliphatic hydroxyl groups excluding tert-OH is 1. The highest BCUT2D eigenvalue weighted by molar-refractivity contribution is 7.87. The molecule has 0 radical (unpaired) electrons. The lowest BCUT2D eigenvalue weighted by molar-refractivity contribution is -0.142. The molecule has 3 unspecified atom stereocenters. The molecule has 19 heavy (non-hydrogen) atoms. The van der Waals surface area contributed by atoms with E-state index >= 15 is 0 Å². The Morgan fingerprint density at radius 2 is 2.05 bits per heavy atom. The summed E-state index contributed by atoms with van der Waals surface area (Å²) in [6, 6.07) is -1.44. The van der Waals surface area contributed by atoms with Gasteiger partial charge in [-0.05, 0) is 39.5 Å². The highest BCUT2D eigenvalue weighted by Crippen LogP contribution is 2.20. The molecule has 1 saturated heterocycles. The van der Waals surface area contributed by atoms with Gasteiger partial charge in [0.25, 0.3) is 10.2 Å². The summed E-state index contributed by atoms with van der Waals surface area (Å²) in [4.78, 5) is 11.1. The summed E-state index contributed by atoms with van der Waals surface area (Å²) in [5, 5.41) is 18.3. The molecule has 7 nitrogen and oxygen atoms in total. The van der Waals surface area contributed by atoms with Crippen LogP contribution < -0.4 is 4.72 Å². The zero-order valence-electron chi connectivity index (χ0n) is 11.2. The van der Waals surface area contributed by atoms with Crippen molar-refractivity contribution in [2.75, 3.05) is 6.54 Å². The number of carboxylic acid groups (broad SMARTS) is 1. The van der Waals surface area contributed by atoms with E-state index in [9.17, 15) is 18.3 Å². The smallest absolute Gasteiger partial charge is 0.322 e. The highest BCUT2D eigenvalue weighted by atomic mass is 32.2. The Bertz CT molecular complexity index is 409. The lowest BCUT2D eigenvalue weighted by atomic mass is 10.1. The predicted octanol–water partition coefficient (Wildman–Crippen LogP) is -0.0807. The second-order valence-electron chi connectivity index (χ2n) is 5.07. The summed E-state index contributed by atoms with van der Waals surface area (Å²) in [5.41, 5.74) is 0. The second-order valence-corrected chi connectivity index (χ2v) is 6.72. The zero-order chi connectivity index (χ0) is 14.6. The van der Waals surface area contributed by atoms with E-state index in [0.717, 1.165) is 4.31 Å². The van der Waals surface area contributed by atoms with Crippen LogP contribution in [0.2, 0.25) is 0 Å². The Morgan fingerprint density at radius 1 is 1.42 bits per heavy atom. The van der Waals surface area contributed by atoms with Crippen molar-refractivity contribution >= 4 is 16.2 Å². The number of hydrogen-bond donors (Lipinski definition) is 3. The van der Waals surface area contributed by atoms with Crippen molar-refractivity contribution < 1.29 is 23.4 Å². The minimum atomic E-state index is -3.83. The molecule has 3 N–H and O–H groups in total. The summed E-state index contributed by atoms with van der Waals surface area (Å²) in [6.07, 6.45) is 1.38.